The summed E-state index contributed by atoms with van der Waals surface area (Å²) >= 11 is 1.50. The van der Waals surface area contributed by atoms with Crippen LogP contribution >= 0.6 is 11.8 Å². The van der Waals surface area contributed by atoms with Crippen molar-refractivity contribution in [3.05, 3.63) is 0 Å². The molecule has 3 atom stereocenters. The van der Waals surface area contributed by atoms with Gasteiger partial charge in [-0.05, 0) is 43.6 Å². The third-order valence-electron chi connectivity index (χ3n) is 4.30. The van der Waals surface area contributed by atoms with E-state index in [-0.39, 0.29) is 24.8 Å². The first-order valence-corrected chi connectivity index (χ1v) is 11.8. The molecule has 0 aromatic rings. The van der Waals surface area contributed by atoms with E-state index in [2.05, 4.69) is 20.9 Å². The number of nitrogens with zero attached hydrogens (tertiary/aromatic N) is 1. The van der Waals surface area contributed by atoms with E-state index in [1.54, 1.807) is 0 Å². The molecule has 0 bridgehead atoms. The van der Waals surface area contributed by atoms with E-state index in [4.69, 9.17) is 22.3 Å². The molecule has 0 aromatic carbocycles. The Bertz CT molecular complexity index is 656. The lowest BCUT2D eigenvalue weighted by Gasteiger charge is -2.24. The lowest BCUT2D eigenvalue weighted by molar-refractivity contribution is -0.138. The Morgan fingerprint density at radius 2 is 1.59 bits per heavy atom. The number of nitrogens with one attached hydrogen (secondary N) is 3. The minimum absolute atomic E-state index is 0.0986. The monoisotopic (exact) mass is 475 g/mol. The van der Waals surface area contributed by atoms with Crippen molar-refractivity contribution in [3.63, 3.8) is 0 Å². The number of hydrogen-bond acceptors (Lipinski definition) is 7. The molecule has 0 radical (unpaired) electrons. The highest BCUT2D eigenvalue weighted by Crippen LogP contribution is 2.07. The highest BCUT2D eigenvalue weighted by atomic mass is 32.2. The third-order valence-corrected chi connectivity index (χ3v) is 4.94. The first-order valence-electron chi connectivity index (χ1n) is 10.4. The molecule has 0 spiro atoms. The number of nitrogens with two attached hydrogens (primary N) is 3. The van der Waals surface area contributed by atoms with Crippen LogP contribution in [0.15, 0.2) is 4.99 Å². The van der Waals surface area contributed by atoms with Gasteiger partial charge in [0, 0.05) is 6.54 Å². The zero-order valence-corrected chi connectivity index (χ0v) is 19.7. The van der Waals surface area contributed by atoms with Gasteiger partial charge < -0.3 is 38.3 Å². The fourth-order valence-electron chi connectivity index (χ4n) is 2.73. The van der Waals surface area contributed by atoms with Crippen LogP contribution in [0.1, 0.15) is 39.5 Å². The lowest BCUT2D eigenvalue weighted by Crippen LogP contribution is -2.56. The molecule has 0 aliphatic heterocycles. The number of carboxylic acid groups (broad SMARTS) is 1. The number of carbonyl (C=O) groups excluding carboxylic acids is 3. The number of thioether (sulfide) groups is 1. The SMILES string of the molecule is CSCCC(NC(=O)C(N)CC(C)C)C(=O)NC(CCCN=C(N)N)C(=O)NCC(=O)O. The van der Waals surface area contributed by atoms with Crippen LogP contribution in [0.25, 0.3) is 0 Å². The van der Waals surface area contributed by atoms with Crippen LogP contribution in [0.5, 0.6) is 0 Å². The van der Waals surface area contributed by atoms with Crippen molar-refractivity contribution in [2.24, 2.45) is 28.1 Å². The molecule has 12 nitrogen and oxygen atoms in total. The Hall–Kier alpha value is -2.54. The van der Waals surface area contributed by atoms with Crippen LogP contribution in [0.3, 0.4) is 0 Å². The highest BCUT2D eigenvalue weighted by Gasteiger charge is 2.28. The maximum absolute atomic E-state index is 12.9. The third kappa shape index (κ3) is 13.7. The van der Waals surface area contributed by atoms with Gasteiger partial charge in [-0.3, -0.25) is 24.2 Å². The number of carbonyl (C=O) groups is 4. The summed E-state index contributed by atoms with van der Waals surface area (Å²) in [6.07, 6.45) is 3.21. The molecule has 10 N–H and O–H groups in total. The van der Waals surface area contributed by atoms with Crippen LogP contribution in [-0.4, -0.2) is 78.0 Å². The van der Waals surface area contributed by atoms with Crippen LogP contribution in [0.2, 0.25) is 0 Å². The molecular formula is C19H37N7O5S. The summed E-state index contributed by atoms with van der Waals surface area (Å²) in [7, 11) is 0. The van der Waals surface area contributed by atoms with Crippen molar-refractivity contribution in [2.45, 2.75) is 57.7 Å². The molecule has 0 saturated heterocycles. The number of guanidine groups is 1. The number of hydrogen-bond donors (Lipinski definition) is 7. The summed E-state index contributed by atoms with van der Waals surface area (Å²) in [4.78, 5) is 52.3. The van der Waals surface area contributed by atoms with Crippen molar-refractivity contribution < 1.29 is 24.3 Å². The van der Waals surface area contributed by atoms with E-state index < -0.39 is 48.4 Å². The predicted octanol–water partition coefficient (Wildman–Crippen LogP) is -1.66. The van der Waals surface area contributed by atoms with Crippen molar-refractivity contribution in [3.8, 4) is 0 Å². The summed E-state index contributed by atoms with van der Waals surface area (Å²) in [5, 5.41) is 16.3. The van der Waals surface area contributed by atoms with E-state index in [0.29, 0.717) is 25.0 Å². The molecular weight excluding hydrogens is 438 g/mol. The maximum atomic E-state index is 12.9. The van der Waals surface area contributed by atoms with E-state index in [9.17, 15) is 19.2 Å². The zero-order chi connectivity index (χ0) is 24.7. The fourth-order valence-corrected chi connectivity index (χ4v) is 3.20. The normalized spacial score (nSPS) is 13.5. The average molecular weight is 476 g/mol. The van der Waals surface area contributed by atoms with Crippen molar-refractivity contribution in [1.82, 2.24) is 16.0 Å². The van der Waals surface area contributed by atoms with Gasteiger partial charge in [0.15, 0.2) is 5.96 Å². The molecule has 0 heterocycles. The van der Waals surface area contributed by atoms with Gasteiger partial charge in [-0.1, -0.05) is 13.8 Å². The number of aliphatic imine (C=N–C) groups is 1. The minimum atomic E-state index is -1.21. The van der Waals surface area contributed by atoms with Crippen molar-refractivity contribution in [2.75, 3.05) is 25.1 Å². The quantitative estimate of drug-likeness (QED) is 0.0771. The molecule has 13 heteroatoms. The highest BCUT2D eigenvalue weighted by molar-refractivity contribution is 7.98. The van der Waals surface area contributed by atoms with Gasteiger partial charge >= 0.3 is 5.97 Å². The Balaban J connectivity index is 5.26. The Kier molecular flexibility index (Phi) is 14.9. The lowest BCUT2D eigenvalue weighted by atomic mass is 10.0. The molecule has 0 aliphatic rings. The Labute approximate surface area is 192 Å². The smallest absolute Gasteiger partial charge is 0.322 e. The van der Waals surface area contributed by atoms with E-state index in [0.717, 1.165) is 0 Å². The zero-order valence-electron chi connectivity index (χ0n) is 18.9. The van der Waals surface area contributed by atoms with Gasteiger partial charge in [-0.2, -0.15) is 11.8 Å². The Morgan fingerprint density at radius 1 is 1.00 bits per heavy atom. The maximum Gasteiger partial charge on any atom is 0.322 e. The van der Waals surface area contributed by atoms with Crippen LogP contribution in [0.4, 0.5) is 0 Å². The summed E-state index contributed by atoms with van der Waals surface area (Å²) in [5.74, 6) is -2.16. The predicted molar refractivity (Wildman–Crippen MR) is 125 cm³/mol. The largest absolute Gasteiger partial charge is 0.480 e. The van der Waals surface area contributed by atoms with E-state index in [1.807, 2.05) is 20.1 Å². The summed E-state index contributed by atoms with van der Waals surface area (Å²) in [5.41, 5.74) is 16.5. The fraction of sp³-hybridized carbons (Fsp3) is 0.737. The first kappa shape index (κ1) is 29.5. The molecule has 0 saturated carbocycles. The van der Waals surface area contributed by atoms with Crippen molar-refractivity contribution in [1.29, 1.82) is 0 Å². The first-order chi connectivity index (χ1) is 15.0. The second-order valence-electron chi connectivity index (χ2n) is 7.70. The van der Waals surface area contributed by atoms with E-state index >= 15 is 0 Å². The average Bonchev–Trinajstić information content (AvgIpc) is 2.70. The van der Waals surface area contributed by atoms with Gasteiger partial charge in [0.05, 0.1) is 6.04 Å². The van der Waals surface area contributed by atoms with Gasteiger partial charge in [0.2, 0.25) is 17.7 Å². The number of rotatable bonds is 16. The molecule has 3 unspecified atom stereocenters. The standard InChI is InChI=1S/C19H37N7O5S/c1-11(2)9-12(20)16(29)25-14(6-8-32-3)18(31)26-13(5-4-7-23-19(21)22)17(30)24-10-15(27)28/h11-14H,4-10,20H2,1-3H3,(H,24,30)(H,25,29)(H,26,31)(H,27,28)(H4,21,22,23). The second kappa shape index (κ2) is 16.1. The molecule has 32 heavy (non-hydrogen) atoms. The van der Waals surface area contributed by atoms with Gasteiger partial charge in [-0.25, -0.2) is 0 Å². The summed E-state index contributed by atoms with van der Waals surface area (Å²) < 4.78 is 0. The topological polar surface area (TPSA) is 215 Å². The van der Waals surface area contributed by atoms with Gasteiger partial charge in [0.25, 0.3) is 0 Å². The van der Waals surface area contributed by atoms with Gasteiger partial charge in [0.1, 0.15) is 18.6 Å². The van der Waals surface area contributed by atoms with Crippen molar-refractivity contribution >= 4 is 41.4 Å². The molecule has 184 valence electrons. The number of amides is 3. The molecule has 0 rings (SSSR count). The molecule has 0 aliphatic carbocycles. The second-order valence-corrected chi connectivity index (χ2v) is 8.69. The number of carboxylic acids is 1. The minimum Gasteiger partial charge on any atom is -0.480 e. The summed E-state index contributed by atoms with van der Waals surface area (Å²) in [6.45, 7) is 3.52. The molecule has 0 fully saturated rings. The van der Waals surface area contributed by atoms with Crippen LogP contribution in [0, 0.1) is 5.92 Å². The molecule has 0 aromatic heterocycles. The molecule has 3 amide bonds. The van der Waals surface area contributed by atoms with E-state index in [1.165, 1.54) is 11.8 Å². The summed E-state index contributed by atoms with van der Waals surface area (Å²) in [6, 6.07) is -2.66. The number of aliphatic carboxylic acids is 1. The Morgan fingerprint density at radius 3 is 2.12 bits per heavy atom. The van der Waals surface area contributed by atoms with Crippen LogP contribution < -0.4 is 33.2 Å². The van der Waals surface area contributed by atoms with Crippen LogP contribution in [-0.2, 0) is 19.2 Å². The van der Waals surface area contributed by atoms with Gasteiger partial charge in [-0.15, -0.1) is 0 Å².